The van der Waals surface area contributed by atoms with Gasteiger partial charge in [0, 0.05) is 24.9 Å². The lowest BCUT2D eigenvalue weighted by molar-refractivity contribution is -0.114. The highest BCUT2D eigenvalue weighted by Gasteiger charge is 2.10. The molecule has 102 valence electrons. The van der Waals surface area contributed by atoms with Crippen LogP contribution in [-0.4, -0.2) is 21.8 Å². The number of halogens is 1. The summed E-state index contributed by atoms with van der Waals surface area (Å²) < 4.78 is 0. The molecule has 0 aliphatic rings. The number of nitrogens with one attached hydrogen (secondary N) is 2. The Balaban J connectivity index is 2.17. The van der Waals surface area contributed by atoms with Crippen molar-refractivity contribution in [3.05, 3.63) is 47.4 Å². The zero-order valence-electron chi connectivity index (χ0n) is 10.6. The van der Waals surface area contributed by atoms with Gasteiger partial charge in [-0.1, -0.05) is 11.6 Å². The molecule has 0 atom stereocenters. The number of amides is 2. The molecular weight excluding hydrogens is 280 g/mol. The molecular formula is C13H11ClN4O2. The molecule has 0 radical (unpaired) electrons. The van der Waals surface area contributed by atoms with Crippen molar-refractivity contribution in [3.8, 4) is 0 Å². The first kappa shape index (κ1) is 14.0. The summed E-state index contributed by atoms with van der Waals surface area (Å²) in [5.74, 6) is -0.318. The summed E-state index contributed by atoms with van der Waals surface area (Å²) >= 11 is 5.86. The van der Waals surface area contributed by atoms with E-state index in [2.05, 4.69) is 20.6 Å². The average Bonchev–Trinajstić information content (AvgIpc) is 2.41. The first-order valence-electron chi connectivity index (χ1n) is 5.72. The number of carbonyl (C=O) groups is 2. The minimum absolute atomic E-state index is 0.206. The predicted molar refractivity (Wildman–Crippen MR) is 75.7 cm³/mol. The smallest absolute Gasteiger partial charge is 0.255 e. The zero-order valence-corrected chi connectivity index (χ0v) is 11.3. The number of nitrogens with zero attached hydrogens (tertiary/aromatic N) is 2. The fourth-order valence-electron chi connectivity index (χ4n) is 1.49. The quantitative estimate of drug-likeness (QED) is 0.850. The van der Waals surface area contributed by atoms with Crippen molar-refractivity contribution < 1.29 is 9.59 Å². The molecule has 0 unspecified atom stereocenters. The van der Waals surface area contributed by atoms with Crippen LogP contribution in [0.2, 0.25) is 5.15 Å². The standard InChI is InChI=1S/C13H11ClN4O2/c1-8(19)17-11-7-9(4-6-15-11)13(20)18-10-3-2-5-16-12(10)14/h2-7H,1H3,(H,18,20)(H,15,17,19). The lowest BCUT2D eigenvalue weighted by Gasteiger charge is -2.07. The van der Waals surface area contributed by atoms with E-state index >= 15 is 0 Å². The SMILES string of the molecule is CC(=O)Nc1cc(C(=O)Nc2cccnc2Cl)ccn1. The van der Waals surface area contributed by atoms with E-state index in [0.717, 1.165) is 0 Å². The minimum atomic E-state index is -0.367. The second kappa shape index (κ2) is 6.12. The van der Waals surface area contributed by atoms with Crippen molar-refractivity contribution in [1.29, 1.82) is 0 Å². The summed E-state index contributed by atoms with van der Waals surface area (Å²) in [4.78, 5) is 30.8. The highest BCUT2D eigenvalue weighted by atomic mass is 35.5. The maximum absolute atomic E-state index is 12.1. The summed E-state index contributed by atoms with van der Waals surface area (Å²) in [5.41, 5.74) is 0.765. The highest BCUT2D eigenvalue weighted by Crippen LogP contribution is 2.18. The van der Waals surface area contributed by atoms with Gasteiger partial charge >= 0.3 is 0 Å². The van der Waals surface area contributed by atoms with Gasteiger partial charge in [-0.25, -0.2) is 9.97 Å². The van der Waals surface area contributed by atoms with E-state index in [9.17, 15) is 9.59 Å². The van der Waals surface area contributed by atoms with Crippen LogP contribution in [0, 0.1) is 0 Å². The molecule has 0 saturated carbocycles. The molecule has 2 aromatic heterocycles. The second-order valence-corrected chi connectivity index (χ2v) is 4.26. The van der Waals surface area contributed by atoms with Crippen LogP contribution < -0.4 is 10.6 Å². The Hall–Kier alpha value is -2.47. The Morgan fingerprint density at radius 2 is 1.95 bits per heavy atom. The Kier molecular flexibility index (Phi) is 4.27. The topological polar surface area (TPSA) is 84.0 Å². The van der Waals surface area contributed by atoms with Crippen LogP contribution in [-0.2, 0) is 4.79 Å². The average molecular weight is 291 g/mol. The van der Waals surface area contributed by atoms with E-state index in [1.807, 2.05) is 0 Å². The van der Waals surface area contributed by atoms with Gasteiger partial charge in [0.1, 0.15) is 5.82 Å². The van der Waals surface area contributed by atoms with Crippen molar-refractivity contribution in [2.24, 2.45) is 0 Å². The van der Waals surface area contributed by atoms with Gasteiger partial charge in [0.25, 0.3) is 5.91 Å². The molecule has 0 spiro atoms. The van der Waals surface area contributed by atoms with Crippen LogP contribution in [0.15, 0.2) is 36.7 Å². The Morgan fingerprint density at radius 1 is 1.15 bits per heavy atom. The van der Waals surface area contributed by atoms with Gasteiger partial charge in [0.15, 0.2) is 5.15 Å². The normalized spacial score (nSPS) is 9.90. The van der Waals surface area contributed by atoms with Crippen molar-refractivity contribution in [2.75, 3.05) is 10.6 Å². The lowest BCUT2D eigenvalue weighted by atomic mass is 10.2. The summed E-state index contributed by atoms with van der Waals surface area (Å²) in [5, 5.41) is 5.35. The maximum Gasteiger partial charge on any atom is 0.255 e. The summed E-state index contributed by atoms with van der Waals surface area (Å²) in [7, 11) is 0. The van der Waals surface area contributed by atoms with Gasteiger partial charge in [-0.3, -0.25) is 9.59 Å². The van der Waals surface area contributed by atoms with E-state index < -0.39 is 0 Å². The van der Waals surface area contributed by atoms with Crippen LogP contribution in [0.4, 0.5) is 11.5 Å². The Labute approximate surface area is 120 Å². The summed E-state index contributed by atoms with van der Waals surface area (Å²) in [6, 6.07) is 6.31. The molecule has 20 heavy (non-hydrogen) atoms. The molecule has 0 saturated heterocycles. The predicted octanol–water partition coefficient (Wildman–Crippen LogP) is 2.34. The second-order valence-electron chi connectivity index (χ2n) is 3.91. The number of hydrogen-bond acceptors (Lipinski definition) is 4. The monoisotopic (exact) mass is 290 g/mol. The van der Waals surface area contributed by atoms with Crippen LogP contribution >= 0.6 is 11.6 Å². The van der Waals surface area contributed by atoms with Crippen LogP contribution in [0.1, 0.15) is 17.3 Å². The third-order valence-corrected chi connectivity index (χ3v) is 2.63. The molecule has 6 nitrogen and oxygen atoms in total. The fourth-order valence-corrected chi connectivity index (χ4v) is 1.66. The van der Waals surface area contributed by atoms with Crippen LogP contribution in [0.25, 0.3) is 0 Å². The Bertz CT molecular complexity index is 660. The van der Waals surface area contributed by atoms with Crippen molar-refractivity contribution in [1.82, 2.24) is 9.97 Å². The largest absolute Gasteiger partial charge is 0.319 e. The first-order chi connectivity index (χ1) is 9.56. The molecule has 2 heterocycles. The molecule has 0 aliphatic heterocycles. The van der Waals surface area contributed by atoms with E-state index in [-0.39, 0.29) is 17.0 Å². The van der Waals surface area contributed by atoms with Crippen molar-refractivity contribution >= 4 is 34.9 Å². The van der Waals surface area contributed by atoms with E-state index in [0.29, 0.717) is 17.1 Å². The summed E-state index contributed by atoms with van der Waals surface area (Å²) in [6.45, 7) is 1.36. The number of aromatic nitrogens is 2. The van der Waals surface area contributed by atoms with Gasteiger partial charge in [-0.15, -0.1) is 0 Å². The van der Waals surface area contributed by atoms with Gasteiger partial charge in [-0.2, -0.15) is 0 Å². The number of hydrogen-bond donors (Lipinski definition) is 2. The van der Waals surface area contributed by atoms with E-state index in [1.165, 1.54) is 31.5 Å². The van der Waals surface area contributed by atoms with E-state index in [4.69, 9.17) is 11.6 Å². The molecule has 0 fully saturated rings. The van der Waals surface area contributed by atoms with Gasteiger partial charge in [0.2, 0.25) is 5.91 Å². The highest BCUT2D eigenvalue weighted by molar-refractivity contribution is 6.32. The van der Waals surface area contributed by atoms with Gasteiger partial charge in [0.05, 0.1) is 5.69 Å². The first-order valence-corrected chi connectivity index (χ1v) is 6.09. The maximum atomic E-state index is 12.1. The number of pyridine rings is 2. The van der Waals surface area contributed by atoms with Crippen LogP contribution in [0.3, 0.4) is 0 Å². The third kappa shape index (κ3) is 3.52. The van der Waals surface area contributed by atoms with Gasteiger partial charge < -0.3 is 10.6 Å². The molecule has 0 aromatic carbocycles. The van der Waals surface area contributed by atoms with Crippen LogP contribution in [0.5, 0.6) is 0 Å². The van der Waals surface area contributed by atoms with E-state index in [1.54, 1.807) is 12.1 Å². The van der Waals surface area contributed by atoms with Crippen molar-refractivity contribution in [3.63, 3.8) is 0 Å². The molecule has 7 heteroatoms. The number of rotatable bonds is 3. The fraction of sp³-hybridized carbons (Fsp3) is 0.0769. The molecule has 0 aliphatic carbocycles. The van der Waals surface area contributed by atoms with Gasteiger partial charge in [-0.05, 0) is 24.3 Å². The molecule has 2 rings (SSSR count). The minimum Gasteiger partial charge on any atom is -0.319 e. The molecule has 2 N–H and O–H groups in total. The van der Waals surface area contributed by atoms with Crippen molar-refractivity contribution in [2.45, 2.75) is 6.92 Å². The zero-order chi connectivity index (χ0) is 14.5. The lowest BCUT2D eigenvalue weighted by Crippen LogP contribution is -2.14. The number of carbonyl (C=O) groups excluding carboxylic acids is 2. The Morgan fingerprint density at radius 3 is 2.65 bits per heavy atom. The molecule has 2 aromatic rings. The summed E-state index contributed by atoms with van der Waals surface area (Å²) in [6.07, 6.45) is 2.96. The molecule has 2 amide bonds. The third-order valence-electron chi connectivity index (χ3n) is 2.33. The number of anilines is 2. The molecule has 0 bridgehead atoms.